The predicted octanol–water partition coefficient (Wildman–Crippen LogP) is 8.98. The molecule has 54 heavy (non-hydrogen) atoms. The molecule has 2 aromatic heterocycles. The maximum Gasteiger partial charge on any atom is 0.342 e. The van der Waals surface area contributed by atoms with Gasteiger partial charge in [0.25, 0.3) is 0 Å². The largest absolute Gasteiger partial charge is 0.459 e. The van der Waals surface area contributed by atoms with Gasteiger partial charge >= 0.3 is 11.9 Å². The van der Waals surface area contributed by atoms with Gasteiger partial charge in [-0.25, -0.2) is 19.6 Å². The molecule has 2 saturated heterocycles. The molecule has 9 heteroatoms. The van der Waals surface area contributed by atoms with Crippen LogP contribution in [-0.2, 0) is 22.4 Å². The fraction of sp³-hybridized carbons (Fsp3) is 0.556. The highest BCUT2D eigenvalue weighted by atomic mass is 16.5. The Morgan fingerprint density at radius 1 is 0.833 bits per heavy atom. The number of aryl methyl sites for hydroxylation is 1. The summed E-state index contributed by atoms with van der Waals surface area (Å²) in [5.74, 6) is 3.15. The first-order chi connectivity index (χ1) is 26.0. The number of hydrogen-bond acceptors (Lipinski definition) is 9. The number of rotatable bonds is 18. The van der Waals surface area contributed by atoms with Gasteiger partial charge in [0.1, 0.15) is 22.8 Å². The minimum Gasteiger partial charge on any atom is -0.459 e. The Morgan fingerprint density at radius 3 is 2.06 bits per heavy atom. The molecule has 1 aromatic carbocycles. The highest BCUT2D eigenvalue weighted by molar-refractivity contribution is 5.95. The molecule has 292 valence electrons. The SMILES string of the molecule is CCC(CCc1cccc(CN(C=CC2CCN(c3ncccc3C(=O)OC(C)C)C2)CC)c1)C(C)CC1CCN(c2ncccc2C(=O)OC(C)C)C1. The maximum absolute atomic E-state index is 12.8. The van der Waals surface area contributed by atoms with Crippen LogP contribution in [0.25, 0.3) is 0 Å². The topological polar surface area (TPSA) is 88.1 Å². The van der Waals surface area contributed by atoms with Gasteiger partial charge in [-0.15, -0.1) is 0 Å². The molecule has 0 amide bonds. The number of benzene rings is 1. The van der Waals surface area contributed by atoms with E-state index in [1.54, 1.807) is 18.5 Å². The highest BCUT2D eigenvalue weighted by Crippen LogP contribution is 2.34. The van der Waals surface area contributed by atoms with Crippen molar-refractivity contribution in [1.29, 1.82) is 0 Å². The minimum absolute atomic E-state index is 0.159. The van der Waals surface area contributed by atoms with Crippen LogP contribution in [0.2, 0.25) is 0 Å². The molecule has 2 aliphatic rings. The van der Waals surface area contributed by atoms with Crippen molar-refractivity contribution in [2.45, 2.75) is 106 Å². The summed E-state index contributed by atoms with van der Waals surface area (Å²) in [6, 6.07) is 16.4. The number of aromatic nitrogens is 2. The number of carbonyl (C=O) groups is 2. The number of hydrogen-bond donors (Lipinski definition) is 0. The molecule has 0 aliphatic carbocycles. The second-order valence-corrected chi connectivity index (χ2v) is 15.9. The Labute approximate surface area is 324 Å². The monoisotopic (exact) mass is 737 g/mol. The number of ether oxygens (including phenoxy) is 2. The molecular formula is C45H63N5O4. The zero-order chi connectivity index (χ0) is 38.6. The smallest absolute Gasteiger partial charge is 0.342 e. The van der Waals surface area contributed by atoms with E-state index in [4.69, 9.17) is 9.47 Å². The lowest BCUT2D eigenvalue weighted by Crippen LogP contribution is -2.25. The van der Waals surface area contributed by atoms with Crippen molar-refractivity contribution >= 4 is 23.6 Å². The summed E-state index contributed by atoms with van der Waals surface area (Å²) in [5.41, 5.74) is 3.85. The van der Waals surface area contributed by atoms with E-state index < -0.39 is 0 Å². The van der Waals surface area contributed by atoms with Gasteiger partial charge in [-0.2, -0.15) is 0 Å². The second-order valence-electron chi connectivity index (χ2n) is 15.9. The first-order valence-electron chi connectivity index (χ1n) is 20.4. The van der Waals surface area contributed by atoms with Crippen molar-refractivity contribution in [3.05, 3.63) is 95.5 Å². The molecule has 0 saturated carbocycles. The van der Waals surface area contributed by atoms with Gasteiger partial charge in [0, 0.05) is 51.7 Å². The van der Waals surface area contributed by atoms with Crippen LogP contribution in [0.15, 0.2) is 73.2 Å². The normalized spacial score (nSPS) is 18.5. The van der Waals surface area contributed by atoms with E-state index in [1.165, 1.54) is 30.4 Å². The minimum atomic E-state index is -0.313. The molecule has 9 nitrogen and oxygen atoms in total. The summed E-state index contributed by atoms with van der Waals surface area (Å²) in [7, 11) is 0. The van der Waals surface area contributed by atoms with Crippen molar-refractivity contribution in [3.8, 4) is 0 Å². The Kier molecular flexibility index (Phi) is 14.9. The third-order valence-electron chi connectivity index (χ3n) is 11.0. The first-order valence-corrected chi connectivity index (χ1v) is 20.4. The van der Waals surface area contributed by atoms with Crippen LogP contribution in [0.3, 0.4) is 0 Å². The number of pyridine rings is 2. The lowest BCUT2D eigenvalue weighted by Gasteiger charge is -2.26. The lowest BCUT2D eigenvalue weighted by molar-refractivity contribution is 0.0367. The summed E-state index contributed by atoms with van der Waals surface area (Å²) >= 11 is 0. The molecule has 3 aromatic rings. The van der Waals surface area contributed by atoms with E-state index in [0.717, 1.165) is 70.2 Å². The molecule has 2 fully saturated rings. The van der Waals surface area contributed by atoms with E-state index in [9.17, 15) is 9.59 Å². The summed E-state index contributed by atoms with van der Waals surface area (Å²) in [5, 5.41) is 0. The van der Waals surface area contributed by atoms with Gasteiger partial charge in [0.15, 0.2) is 0 Å². The van der Waals surface area contributed by atoms with Crippen molar-refractivity contribution in [2.24, 2.45) is 23.7 Å². The Balaban J connectivity index is 1.10. The van der Waals surface area contributed by atoms with E-state index in [1.807, 2.05) is 45.9 Å². The standard InChI is InChI=1S/C45H63N5O4/c1-8-39(34(7)27-38-21-26-50(31-38)43-41(16-12-23-47-43)45(52)54-33(5)6)18-17-35-13-10-14-37(28-35)29-48(9-2)24-19-36-20-25-49(30-36)42-40(15-11-22-46-42)44(51)53-32(3)4/h10-16,19,22-24,28,32-34,36,38-39H,8-9,17-18,20-21,25-27,29-31H2,1-7H3. The first kappa shape index (κ1) is 40.8. The summed E-state index contributed by atoms with van der Waals surface area (Å²) < 4.78 is 11.0. The van der Waals surface area contributed by atoms with Gasteiger partial charge in [-0.1, -0.05) is 50.6 Å². The fourth-order valence-corrected chi connectivity index (χ4v) is 8.12. The average Bonchev–Trinajstić information content (AvgIpc) is 3.83. The highest BCUT2D eigenvalue weighted by Gasteiger charge is 2.30. The van der Waals surface area contributed by atoms with Crippen molar-refractivity contribution in [1.82, 2.24) is 14.9 Å². The summed E-state index contributed by atoms with van der Waals surface area (Å²) in [4.78, 5) is 41.5. The number of anilines is 2. The van der Waals surface area contributed by atoms with Crippen LogP contribution in [-0.4, -0.2) is 71.7 Å². The van der Waals surface area contributed by atoms with Crippen molar-refractivity contribution in [3.63, 3.8) is 0 Å². The van der Waals surface area contributed by atoms with E-state index >= 15 is 0 Å². The van der Waals surface area contributed by atoms with E-state index in [0.29, 0.717) is 34.8 Å². The fourth-order valence-electron chi connectivity index (χ4n) is 8.12. The Bertz CT molecular complexity index is 1690. The van der Waals surface area contributed by atoms with Crippen LogP contribution in [0.1, 0.15) is 112 Å². The summed E-state index contributed by atoms with van der Waals surface area (Å²) in [6.45, 7) is 19.8. The van der Waals surface area contributed by atoms with Crippen LogP contribution < -0.4 is 9.80 Å². The average molecular weight is 738 g/mol. The van der Waals surface area contributed by atoms with Gasteiger partial charge in [-0.3, -0.25) is 0 Å². The zero-order valence-corrected chi connectivity index (χ0v) is 33.7. The molecule has 4 unspecified atom stereocenters. The predicted molar refractivity (Wildman–Crippen MR) is 218 cm³/mol. The third kappa shape index (κ3) is 11.3. The second kappa shape index (κ2) is 19.8. The quantitative estimate of drug-likeness (QED) is 0.119. The molecular weight excluding hydrogens is 675 g/mol. The van der Waals surface area contributed by atoms with E-state index in [-0.39, 0.29) is 24.1 Å². The number of carbonyl (C=O) groups excluding carboxylic acids is 2. The van der Waals surface area contributed by atoms with Gasteiger partial charge in [0.05, 0.1) is 12.2 Å². The Hall–Kier alpha value is -4.40. The molecule has 0 spiro atoms. The van der Waals surface area contributed by atoms with Crippen molar-refractivity contribution in [2.75, 3.05) is 42.5 Å². The molecule has 0 radical (unpaired) electrons. The molecule has 5 rings (SSSR count). The summed E-state index contributed by atoms with van der Waals surface area (Å²) in [6.07, 6.45) is 14.6. The molecule has 0 bridgehead atoms. The molecule has 4 atom stereocenters. The van der Waals surface area contributed by atoms with Crippen LogP contribution in [0.4, 0.5) is 11.6 Å². The number of nitrogens with zero attached hydrogens (tertiary/aromatic N) is 5. The van der Waals surface area contributed by atoms with Crippen molar-refractivity contribution < 1.29 is 19.1 Å². The van der Waals surface area contributed by atoms with Gasteiger partial charge < -0.3 is 24.2 Å². The third-order valence-corrected chi connectivity index (χ3v) is 11.0. The van der Waals surface area contributed by atoms with Crippen LogP contribution in [0.5, 0.6) is 0 Å². The molecule has 2 aliphatic heterocycles. The van der Waals surface area contributed by atoms with Gasteiger partial charge in [-0.05, 0) is 132 Å². The number of esters is 2. The van der Waals surface area contributed by atoms with E-state index in [2.05, 4.69) is 82.0 Å². The van der Waals surface area contributed by atoms with Crippen LogP contribution in [0, 0.1) is 23.7 Å². The zero-order valence-electron chi connectivity index (χ0n) is 33.7. The van der Waals surface area contributed by atoms with Crippen LogP contribution >= 0.6 is 0 Å². The lowest BCUT2D eigenvalue weighted by atomic mass is 9.81. The Morgan fingerprint density at radius 2 is 1.44 bits per heavy atom. The molecule has 4 heterocycles. The van der Waals surface area contributed by atoms with Gasteiger partial charge in [0.2, 0.25) is 0 Å². The molecule has 0 N–H and O–H groups in total. The maximum atomic E-state index is 12.8.